The largest absolute Gasteiger partial charge is 0.497 e. The predicted molar refractivity (Wildman–Crippen MR) is 95.1 cm³/mol. The molecule has 124 valence electrons. The van der Waals surface area contributed by atoms with Crippen molar-refractivity contribution >= 4 is 11.6 Å². The van der Waals surface area contributed by atoms with E-state index in [1.54, 1.807) is 7.11 Å². The van der Waals surface area contributed by atoms with E-state index in [-0.39, 0.29) is 0 Å². The Kier molecular flexibility index (Phi) is 6.66. The Morgan fingerprint density at radius 3 is 2.35 bits per heavy atom. The zero-order valence-corrected chi connectivity index (χ0v) is 14.2. The standard InChI is InChI=1S/C18H26N4O/c1-4-5-6-11-19-17-12-18(22-14(2)21-17)20-13-15-7-9-16(23-3)10-8-15/h7-10,12H,4-6,11,13H2,1-3H3,(H2,19,20,21,22). The highest BCUT2D eigenvalue weighted by Crippen LogP contribution is 2.15. The molecule has 0 saturated heterocycles. The second-order valence-corrected chi connectivity index (χ2v) is 5.52. The number of ether oxygens (including phenoxy) is 1. The topological polar surface area (TPSA) is 59.1 Å². The smallest absolute Gasteiger partial charge is 0.132 e. The van der Waals surface area contributed by atoms with Crippen LogP contribution in [0.25, 0.3) is 0 Å². The Morgan fingerprint density at radius 1 is 1.00 bits per heavy atom. The summed E-state index contributed by atoms with van der Waals surface area (Å²) in [4.78, 5) is 8.87. The summed E-state index contributed by atoms with van der Waals surface area (Å²) >= 11 is 0. The molecule has 0 aliphatic carbocycles. The average molecular weight is 314 g/mol. The Balaban J connectivity index is 1.92. The van der Waals surface area contributed by atoms with Crippen LogP contribution in [0.4, 0.5) is 11.6 Å². The molecule has 2 N–H and O–H groups in total. The summed E-state index contributed by atoms with van der Waals surface area (Å²) in [5, 5.41) is 6.72. The number of benzene rings is 1. The van der Waals surface area contributed by atoms with Gasteiger partial charge in [0.1, 0.15) is 23.2 Å². The van der Waals surface area contributed by atoms with Gasteiger partial charge in [-0.25, -0.2) is 9.97 Å². The van der Waals surface area contributed by atoms with Gasteiger partial charge in [0.05, 0.1) is 7.11 Å². The molecule has 1 aromatic carbocycles. The van der Waals surface area contributed by atoms with Crippen LogP contribution in [-0.2, 0) is 6.54 Å². The highest BCUT2D eigenvalue weighted by molar-refractivity contribution is 5.48. The molecule has 0 radical (unpaired) electrons. The molecule has 0 atom stereocenters. The molecule has 2 aromatic rings. The fourth-order valence-electron chi connectivity index (χ4n) is 2.28. The van der Waals surface area contributed by atoms with Gasteiger partial charge in [-0.2, -0.15) is 0 Å². The van der Waals surface area contributed by atoms with Gasteiger partial charge in [0.25, 0.3) is 0 Å². The van der Waals surface area contributed by atoms with Crippen molar-refractivity contribution in [2.45, 2.75) is 39.7 Å². The van der Waals surface area contributed by atoms with Gasteiger partial charge in [-0.05, 0) is 31.0 Å². The van der Waals surface area contributed by atoms with E-state index in [2.05, 4.69) is 27.5 Å². The van der Waals surface area contributed by atoms with Gasteiger partial charge in [-0.15, -0.1) is 0 Å². The second kappa shape index (κ2) is 8.98. The van der Waals surface area contributed by atoms with E-state index in [9.17, 15) is 0 Å². The zero-order chi connectivity index (χ0) is 16.5. The Hall–Kier alpha value is -2.30. The number of methoxy groups -OCH3 is 1. The molecule has 23 heavy (non-hydrogen) atoms. The fourth-order valence-corrected chi connectivity index (χ4v) is 2.28. The van der Waals surface area contributed by atoms with Crippen LogP contribution in [0.15, 0.2) is 30.3 Å². The van der Waals surface area contributed by atoms with E-state index in [1.807, 2.05) is 37.3 Å². The monoisotopic (exact) mass is 314 g/mol. The van der Waals surface area contributed by atoms with Gasteiger partial charge in [0, 0.05) is 19.2 Å². The van der Waals surface area contributed by atoms with Crippen molar-refractivity contribution in [3.05, 3.63) is 41.7 Å². The summed E-state index contributed by atoms with van der Waals surface area (Å²) < 4.78 is 5.17. The second-order valence-electron chi connectivity index (χ2n) is 5.52. The van der Waals surface area contributed by atoms with Crippen LogP contribution < -0.4 is 15.4 Å². The van der Waals surface area contributed by atoms with Gasteiger partial charge in [0.2, 0.25) is 0 Å². The maximum absolute atomic E-state index is 5.17. The fraction of sp³-hybridized carbons (Fsp3) is 0.444. The molecule has 0 bridgehead atoms. The van der Waals surface area contributed by atoms with E-state index in [4.69, 9.17) is 4.74 Å². The number of rotatable bonds is 9. The van der Waals surface area contributed by atoms with E-state index in [0.717, 1.165) is 42.7 Å². The first kappa shape index (κ1) is 17.1. The lowest BCUT2D eigenvalue weighted by Gasteiger charge is -2.10. The molecule has 0 unspecified atom stereocenters. The number of nitrogens with one attached hydrogen (secondary N) is 2. The Labute approximate surface area is 138 Å². The van der Waals surface area contributed by atoms with Crippen LogP contribution in [0.3, 0.4) is 0 Å². The van der Waals surface area contributed by atoms with Crippen LogP contribution >= 0.6 is 0 Å². The van der Waals surface area contributed by atoms with Gasteiger partial charge < -0.3 is 15.4 Å². The predicted octanol–water partition coefficient (Wildman–Crippen LogP) is 4.01. The highest BCUT2D eigenvalue weighted by Gasteiger charge is 2.02. The van der Waals surface area contributed by atoms with Crippen LogP contribution in [0, 0.1) is 6.92 Å². The minimum Gasteiger partial charge on any atom is -0.497 e. The summed E-state index contributed by atoms with van der Waals surface area (Å²) in [5.41, 5.74) is 1.18. The number of unbranched alkanes of at least 4 members (excludes halogenated alkanes) is 2. The number of nitrogens with zero attached hydrogens (tertiary/aromatic N) is 2. The average Bonchev–Trinajstić information content (AvgIpc) is 2.57. The summed E-state index contributed by atoms with van der Waals surface area (Å²) in [6, 6.07) is 9.97. The number of aromatic nitrogens is 2. The maximum atomic E-state index is 5.17. The number of anilines is 2. The first-order chi connectivity index (χ1) is 11.2. The molecule has 0 fully saturated rings. The van der Waals surface area contributed by atoms with Crippen molar-refractivity contribution in [2.75, 3.05) is 24.3 Å². The van der Waals surface area contributed by atoms with Crippen molar-refractivity contribution < 1.29 is 4.74 Å². The Bertz CT molecular complexity index is 598. The lowest BCUT2D eigenvalue weighted by atomic mass is 10.2. The number of aryl methyl sites for hydroxylation is 1. The van der Waals surface area contributed by atoms with E-state index in [1.165, 1.54) is 18.4 Å². The molecule has 5 heteroatoms. The molecule has 2 rings (SSSR count). The quantitative estimate of drug-likeness (QED) is 0.685. The molecule has 1 heterocycles. The van der Waals surface area contributed by atoms with Gasteiger partial charge >= 0.3 is 0 Å². The Morgan fingerprint density at radius 2 is 1.70 bits per heavy atom. The van der Waals surface area contributed by atoms with Crippen molar-refractivity contribution in [1.29, 1.82) is 0 Å². The van der Waals surface area contributed by atoms with Crippen molar-refractivity contribution in [3.8, 4) is 5.75 Å². The molecule has 0 saturated carbocycles. The van der Waals surface area contributed by atoms with Crippen LogP contribution in [0.5, 0.6) is 5.75 Å². The van der Waals surface area contributed by atoms with Crippen LogP contribution in [0.1, 0.15) is 37.6 Å². The summed E-state index contributed by atoms with van der Waals surface area (Å²) in [6.45, 7) is 5.78. The maximum Gasteiger partial charge on any atom is 0.132 e. The lowest BCUT2D eigenvalue weighted by molar-refractivity contribution is 0.414. The molecule has 0 amide bonds. The third kappa shape index (κ3) is 5.77. The SMILES string of the molecule is CCCCCNc1cc(NCc2ccc(OC)cc2)nc(C)n1. The van der Waals surface area contributed by atoms with Crippen LogP contribution in [-0.4, -0.2) is 23.6 Å². The molecule has 0 aliphatic heterocycles. The molecule has 1 aromatic heterocycles. The van der Waals surface area contributed by atoms with E-state index >= 15 is 0 Å². The van der Waals surface area contributed by atoms with Crippen molar-refractivity contribution in [2.24, 2.45) is 0 Å². The highest BCUT2D eigenvalue weighted by atomic mass is 16.5. The first-order valence-electron chi connectivity index (χ1n) is 8.17. The van der Waals surface area contributed by atoms with E-state index in [0.29, 0.717) is 0 Å². The first-order valence-corrected chi connectivity index (χ1v) is 8.17. The normalized spacial score (nSPS) is 10.4. The number of hydrogen-bond donors (Lipinski definition) is 2. The van der Waals surface area contributed by atoms with Gasteiger partial charge in [0.15, 0.2) is 0 Å². The summed E-state index contributed by atoms with van der Waals surface area (Å²) in [6.07, 6.45) is 3.62. The molecular weight excluding hydrogens is 288 g/mol. The minimum absolute atomic E-state index is 0.718. The van der Waals surface area contributed by atoms with Gasteiger partial charge in [-0.3, -0.25) is 0 Å². The van der Waals surface area contributed by atoms with E-state index < -0.39 is 0 Å². The lowest BCUT2D eigenvalue weighted by Crippen LogP contribution is -2.08. The minimum atomic E-state index is 0.718. The van der Waals surface area contributed by atoms with Crippen molar-refractivity contribution in [1.82, 2.24) is 9.97 Å². The molecule has 0 aliphatic rings. The molecule has 0 spiro atoms. The van der Waals surface area contributed by atoms with Crippen LogP contribution in [0.2, 0.25) is 0 Å². The third-order valence-electron chi connectivity index (χ3n) is 3.56. The summed E-state index contributed by atoms with van der Waals surface area (Å²) in [7, 11) is 1.67. The van der Waals surface area contributed by atoms with Gasteiger partial charge in [-0.1, -0.05) is 31.9 Å². The zero-order valence-electron chi connectivity index (χ0n) is 14.2. The molecular formula is C18H26N4O. The number of hydrogen-bond acceptors (Lipinski definition) is 5. The third-order valence-corrected chi connectivity index (χ3v) is 3.56. The summed E-state index contributed by atoms with van der Waals surface area (Å²) in [5.74, 6) is 3.35. The molecule has 5 nitrogen and oxygen atoms in total. The van der Waals surface area contributed by atoms with Crippen molar-refractivity contribution in [3.63, 3.8) is 0 Å².